The second-order valence-corrected chi connectivity index (χ2v) is 7.12. The standard InChI is InChI=1S/C16H20F3N5O3S/c1-11(12-3-2-6-27-12)20-13(25)9-28-15-22-21-14(23-4-7-26-8-5-23)24(15)10-16(17,18)19/h2-3,6,11H,4-5,7-10H2,1H3,(H,20,25). The number of furan rings is 1. The number of thioether (sulfide) groups is 1. The molecule has 3 heterocycles. The summed E-state index contributed by atoms with van der Waals surface area (Å²) in [4.78, 5) is 13.8. The van der Waals surface area contributed by atoms with Gasteiger partial charge in [0, 0.05) is 13.1 Å². The summed E-state index contributed by atoms with van der Waals surface area (Å²) in [5, 5.41) is 10.6. The van der Waals surface area contributed by atoms with Crippen LogP contribution in [-0.2, 0) is 16.1 Å². The number of alkyl halides is 3. The predicted octanol–water partition coefficient (Wildman–Crippen LogP) is 2.24. The van der Waals surface area contributed by atoms with Crippen LogP contribution in [0.1, 0.15) is 18.7 Å². The lowest BCUT2D eigenvalue weighted by Crippen LogP contribution is -2.38. The third-order valence-corrected chi connectivity index (χ3v) is 4.98. The van der Waals surface area contributed by atoms with E-state index in [1.165, 1.54) is 6.26 Å². The van der Waals surface area contributed by atoms with E-state index in [9.17, 15) is 18.0 Å². The zero-order chi connectivity index (χ0) is 20.1. The van der Waals surface area contributed by atoms with E-state index in [0.29, 0.717) is 32.1 Å². The number of anilines is 1. The SMILES string of the molecule is CC(NC(=O)CSc1nnc(N2CCOCC2)n1CC(F)(F)F)c1ccco1. The van der Waals surface area contributed by atoms with Crippen LogP contribution in [0.5, 0.6) is 0 Å². The monoisotopic (exact) mass is 419 g/mol. The molecule has 28 heavy (non-hydrogen) atoms. The van der Waals surface area contributed by atoms with Crippen molar-refractivity contribution in [2.75, 3.05) is 37.0 Å². The average Bonchev–Trinajstić information content (AvgIpc) is 3.30. The van der Waals surface area contributed by atoms with Gasteiger partial charge in [-0.1, -0.05) is 11.8 Å². The molecule has 1 aliphatic rings. The minimum absolute atomic E-state index is 0.0413. The number of nitrogens with zero attached hydrogens (tertiary/aromatic N) is 4. The number of hydrogen-bond acceptors (Lipinski definition) is 7. The van der Waals surface area contributed by atoms with E-state index in [1.54, 1.807) is 24.0 Å². The molecule has 1 N–H and O–H groups in total. The lowest BCUT2D eigenvalue weighted by Gasteiger charge is -2.28. The fraction of sp³-hybridized carbons (Fsp3) is 0.562. The zero-order valence-corrected chi connectivity index (χ0v) is 15.9. The van der Waals surface area contributed by atoms with Crippen molar-refractivity contribution in [3.8, 4) is 0 Å². The molecule has 1 saturated heterocycles. The van der Waals surface area contributed by atoms with Gasteiger partial charge in [-0.3, -0.25) is 9.36 Å². The van der Waals surface area contributed by atoms with E-state index in [0.717, 1.165) is 16.3 Å². The third-order valence-electron chi connectivity index (χ3n) is 4.01. The van der Waals surface area contributed by atoms with E-state index in [4.69, 9.17) is 9.15 Å². The van der Waals surface area contributed by atoms with Gasteiger partial charge in [-0.15, -0.1) is 10.2 Å². The largest absolute Gasteiger partial charge is 0.467 e. The molecule has 2 aromatic heterocycles. The number of hydrogen-bond donors (Lipinski definition) is 1. The first-order chi connectivity index (χ1) is 13.3. The fourth-order valence-electron chi connectivity index (χ4n) is 2.72. The number of aromatic nitrogens is 3. The molecule has 1 atom stereocenters. The summed E-state index contributed by atoms with van der Waals surface area (Å²) in [5.74, 6) is 0.286. The number of nitrogens with one attached hydrogen (secondary N) is 1. The predicted molar refractivity (Wildman–Crippen MR) is 95.1 cm³/mol. The maximum absolute atomic E-state index is 13.1. The minimum Gasteiger partial charge on any atom is -0.467 e. The Hall–Kier alpha value is -2.21. The van der Waals surface area contributed by atoms with E-state index < -0.39 is 12.7 Å². The Morgan fingerprint density at radius 3 is 2.75 bits per heavy atom. The molecule has 0 aliphatic carbocycles. The molecule has 0 bridgehead atoms. The van der Waals surface area contributed by atoms with E-state index >= 15 is 0 Å². The van der Waals surface area contributed by atoms with Crippen LogP contribution in [0.4, 0.5) is 19.1 Å². The van der Waals surface area contributed by atoms with Gasteiger partial charge in [0.1, 0.15) is 12.3 Å². The van der Waals surface area contributed by atoms with Crippen LogP contribution in [0.15, 0.2) is 28.0 Å². The van der Waals surface area contributed by atoms with Gasteiger partial charge < -0.3 is 19.4 Å². The maximum Gasteiger partial charge on any atom is 0.406 e. The first-order valence-electron chi connectivity index (χ1n) is 8.61. The molecule has 3 rings (SSSR count). The van der Waals surface area contributed by atoms with Crippen molar-refractivity contribution >= 4 is 23.6 Å². The van der Waals surface area contributed by atoms with E-state index in [1.807, 2.05) is 0 Å². The summed E-state index contributed by atoms with van der Waals surface area (Å²) in [5.41, 5.74) is 0. The Kier molecular flexibility index (Phi) is 6.50. The lowest BCUT2D eigenvalue weighted by atomic mass is 10.2. The van der Waals surface area contributed by atoms with Crippen molar-refractivity contribution in [2.24, 2.45) is 0 Å². The number of amides is 1. The van der Waals surface area contributed by atoms with Crippen LogP contribution in [0.2, 0.25) is 0 Å². The summed E-state index contributed by atoms with van der Waals surface area (Å²) in [7, 11) is 0. The molecule has 2 aromatic rings. The lowest BCUT2D eigenvalue weighted by molar-refractivity contribution is -0.141. The van der Waals surface area contributed by atoms with Crippen molar-refractivity contribution in [1.29, 1.82) is 0 Å². The van der Waals surface area contributed by atoms with Crippen molar-refractivity contribution in [2.45, 2.75) is 30.8 Å². The van der Waals surface area contributed by atoms with Gasteiger partial charge >= 0.3 is 6.18 Å². The van der Waals surface area contributed by atoms with Crippen LogP contribution >= 0.6 is 11.8 Å². The normalized spacial score (nSPS) is 16.2. The van der Waals surface area contributed by atoms with Crippen LogP contribution in [0.3, 0.4) is 0 Å². The molecular formula is C16H20F3N5O3S. The number of halogens is 3. The summed E-state index contributed by atoms with van der Waals surface area (Å²) in [6, 6.07) is 3.09. The van der Waals surface area contributed by atoms with E-state index in [-0.39, 0.29) is 28.8 Å². The Morgan fingerprint density at radius 1 is 1.36 bits per heavy atom. The summed E-state index contributed by atoms with van der Waals surface area (Å²) in [6.45, 7) is 2.22. The number of carbonyl (C=O) groups is 1. The maximum atomic E-state index is 13.1. The molecule has 1 amide bonds. The smallest absolute Gasteiger partial charge is 0.406 e. The van der Waals surface area contributed by atoms with Gasteiger partial charge in [-0.2, -0.15) is 13.2 Å². The summed E-state index contributed by atoms with van der Waals surface area (Å²) in [6.07, 6.45) is -2.94. The highest BCUT2D eigenvalue weighted by Gasteiger charge is 2.33. The Bertz CT molecular complexity index is 775. The first-order valence-corrected chi connectivity index (χ1v) is 9.60. The Balaban J connectivity index is 1.66. The molecule has 1 aliphatic heterocycles. The molecule has 1 fully saturated rings. The number of rotatable bonds is 7. The molecular weight excluding hydrogens is 399 g/mol. The van der Waals surface area contributed by atoms with Gasteiger partial charge in [0.25, 0.3) is 0 Å². The van der Waals surface area contributed by atoms with Gasteiger partial charge in [-0.05, 0) is 19.1 Å². The molecule has 1 unspecified atom stereocenters. The second kappa shape index (κ2) is 8.86. The summed E-state index contributed by atoms with van der Waals surface area (Å²) >= 11 is 0.909. The molecule has 8 nitrogen and oxygen atoms in total. The summed E-state index contributed by atoms with van der Waals surface area (Å²) < 4.78 is 50.6. The Labute approximate surface area is 163 Å². The highest BCUT2D eigenvalue weighted by Crippen LogP contribution is 2.28. The first kappa shape index (κ1) is 20.5. The fourth-order valence-corrected chi connectivity index (χ4v) is 3.47. The van der Waals surface area contributed by atoms with Crippen LogP contribution in [0.25, 0.3) is 0 Å². The highest BCUT2D eigenvalue weighted by molar-refractivity contribution is 7.99. The number of ether oxygens (including phenoxy) is 1. The molecule has 0 aromatic carbocycles. The zero-order valence-electron chi connectivity index (χ0n) is 15.1. The number of morpholine rings is 1. The third kappa shape index (κ3) is 5.41. The van der Waals surface area contributed by atoms with Gasteiger partial charge in [-0.25, -0.2) is 0 Å². The van der Waals surface area contributed by atoms with Gasteiger partial charge in [0.2, 0.25) is 11.9 Å². The molecule has 0 saturated carbocycles. The highest BCUT2D eigenvalue weighted by atomic mass is 32.2. The van der Waals surface area contributed by atoms with Crippen LogP contribution in [0, 0.1) is 0 Å². The van der Waals surface area contributed by atoms with Gasteiger partial charge in [0.05, 0.1) is 31.3 Å². The average molecular weight is 419 g/mol. The molecule has 0 radical (unpaired) electrons. The minimum atomic E-state index is -4.44. The van der Waals surface area contributed by atoms with Crippen molar-refractivity contribution in [3.63, 3.8) is 0 Å². The second-order valence-electron chi connectivity index (χ2n) is 6.18. The molecule has 12 heteroatoms. The quantitative estimate of drug-likeness (QED) is 0.689. The number of carbonyl (C=O) groups excluding carboxylic acids is 1. The van der Waals surface area contributed by atoms with Crippen molar-refractivity contribution in [3.05, 3.63) is 24.2 Å². The van der Waals surface area contributed by atoms with Crippen molar-refractivity contribution in [1.82, 2.24) is 20.1 Å². The van der Waals surface area contributed by atoms with Crippen LogP contribution < -0.4 is 10.2 Å². The van der Waals surface area contributed by atoms with Gasteiger partial charge in [0.15, 0.2) is 5.16 Å². The van der Waals surface area contributed by atoms with E-state index in [2.05, 4.69) is 15.5 Å². The molecule has 0 spiro atoms. The molecule has 154 valence electrons. The Morgan fingerprint density at radius 2 is 2.11 bits per heavy atom. The van der Waals surface area contributed by atoms with Crippen LogP contribution in [-0.4, -0.2) is 58.9 Å². The topological polar surface area (TPSA) is 85.4 Å². The van der Waals surface area contributed by atoms with Crippen molar-refractivity contribution < 1.29 is 27.1 Å².